The molecule has 3 rings (SSSR count). The van der Waals surface area contributed by atoms with E-state index < -0.39 is 0 Å². The van der Waals surface area contributed by atoms with Crippen molar-refractivity contribution in [3.8, 4) is 0 Å². The van der Waals surface area contributed by atoms with Crippen LogP contribution in [0.2, 0.25) is 0 Å². The molecule has 106 valence electrons. The summed E-state index contributed by atoms with van der Waals surface area (Å²) in [5.41, 5.74) is 1.76. The maximum Gasteiger partial charge on any atom is 0.0833 e. The van der Waals surface area contributed by atoms with Crippen molar-refractivity contribution in [2.75, 3.05) is 6.54 Å². The minimum Gasteiger partial charge on any atom is -0.312 e. The van der Waals surface area contributed by atoms with E-state index in [0.717, 1.165) is 30.5 Å². The van der Waals surface area contributed by atoms with Crippen molar-refractivity contribution in [2.24, 2.45) is 24.3 Å². The first-order valence-electron chi connectivity index (χ1n) is 7.46. The van der Waals surface area contributed by atoms with Crippen molar-refractivity contribution in [3.05, 3.63) is 11.9 Å². The van der Waals surface area contributed by atoms with Crippen molar-refractivity contribution < 1.29 is 0 Å². The lowest BCUT2D eigenvalue weighted by molar-refractivity contribution is 0.220. The molecule has 4 heteroatoms. The number of rotatable bonds is 4. The molecule has 0 bridgehead atoms. The molecule has 1 aromatic rings. The van der Waals surface area contributed by atoms with Crippen LogP contribution in [0.25, 0.3) is 0 Å². The molecule has 0 spiro atoms. The molecule has 2 fully saturated rings. The van der Waals surface area contributed by atoms with Crippen molar-refractivity contribution in [1.29, 1.82) is 0 Å². The maximum absolute atomic E-state index is 4.29. The van der Waals surface area contributed by atoms with Gasteiger partial charge in [0, 0.05) is 25.3 Å². The number of aryl methyl sites for hydroxylation is 1. The summed E-state index contributed by atoms with van der Waals surface area (Å²) in [6, 6.07) is 0. The highest BCUT2D eigenvalue weighted by molar-refractivity contribution is 5.09. The van der Waals surface area contributed by atoms with Crippen molar-refractivity contribution in [1.82, 2.24) is 20.3 Å². The van der Waals surface area contributed by atoms with Crippen LogP contribution in [0.1, 0.15) is 45.7 Å². The Labute approximate surface area is 116 Å². The van der Waals surface area contributed by atoms with Crippen LogP contribution in [0.3, 0.4) is 0 Å². The number of hydrogen-bond acceptors (Lipinski definition) is 3. The monoisotopic (exact) mass is 262 g/mol. The lowest BCUT2D eigenvalue weighted by Crippen LogP contribution is -2.44. The lowest BCUT2D eigenvalue weighted by atomic mass is 9.78. The molecule has 0 amide bonds. The summed E-state index contributed by atoms with van der Waals surface area (Å²) in [5.74, 6) is 2.00. The van der Waals surface area contributed by atoms with Gasteiger partial charge >= 0.3 is 0 Å². The molecule has 4 nitrogen and oxygen atoms in total. The molecule has 1 heterocycles. The molecule has 0 saturated heterocycles. The minimum atomic E-state index is 0.197. The number of hydrogen-bond donors (Lipinski definition) is 1. The van der Waals surface area contributed by atoms with Gasteiger partial charge < -0.3 is 5.32 Å². The van der Waals surface area contributed by atoms with Gasteiger partial charge in [0.1, 0.15) is 0 Å². The molecule has 0 aromatic carbocycles. The quantitative estimate of drug-likeness (QED) is 0.904. The van der Waals surface area contributed by atoms with Crippen LogP contribution in [-0.4, -0.2) is 27.1 Å². The highest BCUT2D eigenvalue weighted by Crippen LogP contribution is 2.60. The molecule has 2 aliphatic rings. The van der Waals surface area contributed by atoms with Gasteiger partial charge in [-0.25, -0.2) is 0 Å². The largest absolute Gasteiger partial charge is 0.312 e. The summed E-state index contributed by atoms with van der Waals surface area (Å²) in [4.78, 5) is 0. The second-order valence-electron chi connectivity index (χ2n) is 7.83. The van der Waals surface area contributed by atoms with Crippen LogP contribution in [0.4, 0.5) is 0 Å². The van der Waals surface area contributed by atoms with Crippen LogP contribution in [0.15, 0.2) is 6.20 Å². The summed E-state index contributed by atoms with van der Waals surface area (Å²) >= 11 is 0. The zero-order chi connectivity index (χ0) is 13.7. The Morgan fingerprint density at radius 2 is 2.05 bits per heavy atom. The van der Waals surface area contributed by atoms with E-state index in [0.29, 0.717) is 5.41 Å². The van der Waals surface area contributed by atoms with E-state index in [1.54, 1.807) is 0 Å². The third kappa shape index (κ3) is 2.99. The molecule has 1 N–H and O–H groups in total. The van der Waals surface area contributed by atoms with Gasteiger partial charge in [-0.3, -0.25) is 4.68 Å². The van der Waals surface area contributed by atoms with Gasteiger partial charge in [-0.1, -0.05) is 5.21 Å². The fraction of sp³-hybridized carbons (Fsp3) is 0.867. The van der Waals surface area contributed by atoms with E-state index in [-0.39, 0.29) is 5.54 Å². The molecule has 2 atom stereocenters. The lowest BCUT2D eigenvalue weighted by Gasteiger charge is -2.34. The van der Waals surface area contributed by atoms with Gasteiger partial charge in [-0.05, 0) is 63.7 Å². The summed E-state index contributed by atoms with van der Waals surface area (Å²) < 4.78 is 1.82. The zero-order valence-electron chi connectivity index (χ0n) is 12.6. The smallest absolute Gasteiger partial charge is 0.0833 e. The van der Waals surface area contributed by atoms with Gasteiger partial charge in [-0.2, -0.15) is 0 Å². The minimum absolute atomic E-state index is 0.197. The molecular formula is C15H26N4. The van der Waals surface area contributed by atoms with Gasteiger partial charge in [0.2, 0.25) is 0 Å². The van der Waals surface area contributed by atoms with Crippen LogP contribution in [-0.2, 0) is 13.5 Å². The summed E-state index contributed by atoms with van der Waals surface area (Å²) in [6.45, 7) is 7.86. The van der Waals surface area contributed by atoms with Crippen LogP contribution in [0.5, 0.6) is 0 Å². The van der Waals surface area contributed by atoms with Crippen molar-refractivity contribution in [3.63, 3.8) is 0 Å². The van der Waals surface area contributed by atoms with E-state index in [1.807, 2.05) is 11.7 Å². The van der Waals surface area contributed by atoms with Gasteiger partial charge in [0.15, 0.2) is 0 Å². The Hall–Kier alpha value is -0.900. The van der Waals surface area contributed by atoms with Crippen molar-refractivity contribution >= 4 is 0 Å². The molecule has 1 aromatic heterocycles. The Kier molecular flexibility index (Phi) is 2.97. The average Bonchev–Trinajstić information content (AvgIpc) is 2.71. The normalized spacial score (nSPS) is 33.5. The fourth-order valence-corrected chi connectivity index (χ4v) is 3.67. The topological polar surface area (TPSA) is 42.7 Å². The van der Waals surface area contributed by atoms with Crippen LogP contribution in [0, 0.1) is 17.3 Å². The molecular weight excluding hydrogens is 236 g/mol. The standard InChI is InChI=1S/C15H26N4/c1-14(2,3)16-10-15(6-11-5-12(11)7-15)8-13-9-19(4)18-17-13/h9,11-12,16H,5-8,10H2,1-4H3. The number of nitrogens with one attached hydrogen (secondary N) is 1. The molecule has 0 aliphatic heterocycles. The number of fused-ring (bicyclic) bond motifs is 1. The van der Waals surface area contributed by atoms with E-state index in [9.17, 15) is 0 Å². The highest BCUT2D eigenvalue weighted by atomic mass is 15.4. The Bertz CT molecular complexity index is 447. The highest BCUT2D eigenvalue weighted by Gasteiger charge is 2.53. The molecule has 2 aliphatic carbocycles. The summed E-state index contributed by atoms with van der Waals surface area (Å²) in [6.07, 6.45) is 7.37. The zero-order valence-corrected chi connectivity index (χ0v) is 12.6. The van der Waals surface area contributed by atoms with E-state index in [1.165, 1.54) is 19.3 Å². The molecule has 0 radical (unpaired) electrons. The number of aromatic nitrogens is 3. The van der Waals surface area contributed by atoms with Crippen molar-refractivity contribution in [2.45, 2.75) is 52.0 Å². The first-order chi connectivity index (χ1) is 8.85. The second kappa shape index (κ2) is 4.30. The third-order valence-corrected chi connectivity index (χ3v) is 4.66. The molecule has 2 saturated carbocycles. The Morgan fingerprint density at radius 1 is 1.37 bits per heavy atom. The van der Waals surface area contributed by atoms with Gasteiger partial charge in [-0.15, -0.1) is 5.10 Å². The predicted molar refractivity (Wildman–Crippen MR) is 75.7 cm³/mol. The molecule has 2 unspecified atom stereocenters. The Balaban J connectivity index is 1.70. The number of nitrogens with zero attached hydrogens (tertiary/aromatic N) is 3. The average molecular weight is 262 g/mol. The predicted octanol–water partition coefficient (Wildman–Crippen LogP) is 2.16. The summed E-state index contributed by atoms with van der Waals surface area (Å²) in [7, 11) is 1.95. The molecule has 19 heavy (non-hydrogen) atoms. The van der Waals surface area contributed by atoms with Gasteiger partial charge in [0.25, 0.3) is 0 Å². The van der Waals surface area contributed by atoms with E-state index >= 15 is 0 Å². The van der Waals surface area contributed by atoms with Gasteiger partial charge in [0.05, 0.1) is 5.69 Å². The second-order valence-corrected chi connectivity index (χ2v) is 7.83. The fourth-order valence-electron chi connectivity index (χ4n) is 3.67. The Morgan fingerprint density at radius 3 is 2.58 bits per heavy atom. The summed E-state index contributed by atoms with van der Waals surface area (Å²) in [5, 5.41) is 12.1. The van der Waals surface area contributed by atoms with E-state index in [4.69, 9.17) is 0 Å². The van der Waals surface area contributed by atoms with Crippen LogP contribution < -0.4 is 5.32 Å². The van der Waals surface area contributed by atoms with E-state index in [2.05, 4.69) is 42.6 Å². The third-order valence-electron chi connectivity index (χ3n) is 4.66. The maximum atomic E-state index is 4.29. The first-order valence-corrected chi connectivity index (χ1v) is 7.46. The first kappa shape index (κ1) is 13.1. The van der Waals surface area contributed by atoms with Crippen LogP contribution >= 0.6 is 0 Å². The SMILES string of the molecule is Cn1cc(CC2(CNC(C)(C)C)CC3CC3C2)nn1.